The number of hydrogen-bond donors (Lipinski definition) is 2. The van der Waals surface area contributed by atoms with E-state index in [4.69, 9.17) is 9.68 Å². The standard InChI is InChI=1S/C15H16N4O2/c1-3-14-19-12(8-16)15(21-14)17-9-13(20)18-11-6-4-10(2)5-7-11/h4-7,17H,3,9H2,1-2H3,(H,18,20). The minimum Gasteiger partial charge on any atom is -0.424 e. The van der Waals surface area contributed by atoms with Gasteiger partial charge in [0.15, 0.2) is 5.89 Å². The van der Waals surface area contributed by atoms with E-state index in [9.17, 15) is 4.79 Å². The molecule has 108 valence electrons. The lowest BCUT2D eigenvalue weighted by atomic mass is 10.2. The maximum Gasteiger partial charge on any atom is 0.243 e. The number of amides is 1. The normalized spacial score (nSPS) is 9.95. The number of benzene rings is 1. The van der Waals surface area contributed by atoms with Crippen molar-refractivity contribution in [1.82, 2.24) is 4.98 Å². The third-order valence-corrected chi connectivity index (χ3v) is 2.82. The van der Waals surface area contributed by atoms with Crippen molar-refractivity contribution in [1.29, 1.82) is 5.26 Å². The van der Waals surface area contributed by atoms with Gasteiger partial charge in [-0.05, 0) is 19.1 Å². The van der Waals surface area contributed by atoms with Crippen LogP contribution in [0, 0.1) is 18.3 Å². The molecule has 0 aliphatic heterocycles. The number of hydrogen-bond acceptors (Lipinski definition) is 5. The number of nitrogens with zero attached hydrogens (tertiary/aromatic N) is 2. The Morgan fingerprint density at radius 1 is 1.38 bits per heavy atom. The summed E-state index contributed by atoms with van der Waals surface area (Å²) in [6, 6.07) is 9.43. The van der Waals surface area contributed by atoms with Crippen molar-refractivity contribution >= 4 is 17.5 Å². The number of carbonyl (C=O) groups excluding carboxylic acids is 1. The summed E-state index contributed by atoms with van der Waals surface area (Å²) in [5, 5.41) is 14.5. The van der Waals surface area contributed by atoms with Gasteiger partial charge in [-0.3, -0.25) is 4.79 Å². The number of anilines is 2. The molecule has 1 aromatic carbocycles. The van der Waals surface area contributed by atoms with Gasteiger partial charge in [0.1, 0.15) is 6.07 Å². The van der Waals surface area contributed by atoms with Gasteiger partial charge in [0.2, 0.25) is 17.5 Å². The van der Waals surface area contributed by atoms with Crippen molar-refractivity contribution in [2.45, 2.75) is 20.3 Å². The van der Waals surface area contributed by atoms with Crippen LogP contribution in [0.4, 0.5) is 11.6 Å². The number of nitriles is 1. The molecule has 6 nitrogen and oxygen atoms in total. The first-order chi connectivity index (χ1) is 10.1. The first-order valence-electron chi connectivity index (χ1n) is 6.62. The molecule has 0 saturated heterocycles. The average Bonchev–Trinajstić information content (AvgIpc) is 2.90. The zero-order valence-corrected chi connectivity index (χ0v) is 11.9. The zero-order chi connectivity index (χ0) is 15.2. The van der Waals surface area contributed by atoms with E-state index in [0.717, 1.165) is 11.3 Å². The van der Waals surface area contributed by atoms with Gasteiger partial charge < -0.3 is 15.1 Å². The molecule has 0 saturated carbocycles. The number of oxazole rings is 1. The fourth-order valence-corrected chi connectivity index (χ4v) is 1.71. The highest BCUT2D eigenvalue weighted by molar-refractivity contribution is 5.93. The summed E-state index contributed by atoms with van der Waals surface area (Å²) < 4.78 is 5.35. The summed E-state index contributed by atoms with van der Waals surface area (Å²) in [5.41, 5.74) is 2.01. The second kappa shape index (κ2) is 6.57. The second-order valence-electron chi connectivity index (χ2n) is 4.52. The van der Waals surface area contributed by atoms with Crippen LogP contribution in [0.2, 0.25) is 0 Å². The minimum absolute atomic E-state index is 0.000897. The summed E-state index contributed by atoms with van der Waals surface area (Å²) in [6.45, 7) is 3.85. The van der Waals surface area contributed by atoms with Crippen molar-refractivity contribution in [3.05, 3.63) is 41.4 Å². The minimum atomic E-state index is -0.225. The van der Waals surface area contributed by atoms with Gasteiger partial charge in [-0.25, -0.2) is 4.98 Å². The predicted octanol–water partition coefficient (Wildman–Crippen LogP) is 2.47. The topological polar surface area (TPSA) is 91.0 Å². The molecule has 2 aromatic rings. The van der Waals surface area contributed by atoms with E-state index < -0.39 is 0 Å². The van der Waals surface area contributed by atoms with E-state index in [0.29, 0.717) is 12.3 Å². The number of carbonyl (C=O) groups is 1. The Morgan fingerprint density at radius 2 is 2.10 bits per heavy atom. The largest absolute Gasteiger partial charge is 0.424 e. The van der Waals surface area contributed by atoms with E-state index in [1.807, 2.05) is 44.2 Å². The fraction of sp³-hybridized carbons (Fsp3) is 0.267. The van der Waals surface area contributed by atoms with Crippen molar-refractivity contribution in [2.75, 3.05) is 17.2 Å². The van der Waals surface area contributed by atoms with Gasteiger partial charge in [0.05, 0.1) is 6.54 Å². The van der Waals surface area contributed by atoms with Gasteiger partial charge in [-0.2, -0.15) is 5.26 Å². The second-order valence-corrected chi connectivity index (χ2v) is 4.52. The molecule has 0 radical (unpaired) electrons. The Morgan fingerprint density at radius 3 is 2.71 bits per heavy atom. The highest BCUT2D eigenvalue weighted by atomic mass is 16.4. The Labute approximate surface area is 122 Å². The summed E-state index contributed by atoms with van der Waals surface area (Å²) >= 11 is 0. The highest BCUT2D eigenvalue weighted by Crippen LogP contribution is 2.16. The quantitative estimate of drug-likeness (QED) is 0.880. The summed E-state index contributed by atoms with van der Waals surface area (Å²) in [4.78, 5) is 15.8. The predicted molar refractivity (Wildman–Crippen MR) is 78.9 cm³/mol. The monoisotopic (exact) mass is 284 g/mol. The molecule has 1 amide bonds. The van der Waals surface area contributed by atoms with E-state index in [1.165, 1.54) is 0 Å². The lowest BCUT2D eigenvalue weighted by Crippen LogP contribution is -2.21. The molecule has 6 heteroatoms. The van der Waals surface area contributed by atoms with Crippen LogP contribution in [0.25, 0.3) is 0 Å². The molecule has 0 aliphatic carbocycles. The molecule has 2 rings (SSSR count). The summed E-state index contributed by atoms with van der Waals surface area (Å²) in [6.07, 6.45) is 0.589. The Balaban J connectivity index is 1.93. The molecular formula is C15H16N4O2. The maximum atomic E-state index is 11.8. The average molecular weight is 284 g/mol. The lowest BCUT2D eigenvalue weighted by Gasteiger charge is -2.06. The number of nitrogens with one attached hydrogen (secondary N) is 2. The van der Waals surface area contributed by atoms with Gasteiger partial charge in [0.25, 0.3) is 0 Å². The van der Waals surface area contributed by atoms with Crippen LogP contribution in [-0.2, 0) is 11.2 Å². The fourth-order valence-electron chi connectivity index (χ4n) is 1.71. The van der Waals surface area contributed by atoms with Crippen molar-refractivity contribution in [3.63, 3.8) is 0 Å². The third-order valence-electron chi connectivity index (χ3n) is 2.82. The van der Waals surface area contributed by atoms with E-state index >= 15 is 0 Å². The van der Waals surface area contributed by atoms with Crippen molar-refractivity contribution in [2.24, 2.45) is 0 Å². The number of aromatic nitrogens is 1. The van der Waals surface area contributed by atoms with E-state index in [-0.39, 0.29) is 24.0 Å². The lowest BCUT2D eigenvalue weighted by molar-refractivity contribution is -0.114. The van der Waals surface area contributed by atoms with Crippen LogP contribution in [0.15, 0.2) is 28.7 Å². The summed E-state index contributed by atoms with van der Waals surface area (Å²) in [7, 11) is 0. The zero-order valence-electron chi connectivity index (χ0n) is 11.9. The third kappa shape index (κ3) is 3.83. The van der Waals surface area contributed by atoms with Gasteiger partial charge in [-0.15, -0.1) is 0 Å². The van der Waals surface area contributed by atoms with Crippen LogP contribution in [0.5, 0.6) is 0 Å². The van der Waals surface area contributed by atoms with Crippen LogP contribution < -0.4 is 10.6 Å². The van der Waals surface area contributed by atoms with Gasteiger partial charge in [-0.1, -0.05) is 24.6 Å². The molecule has 0 fully saturated rings. The molecule has 1 heterocycles. The maximum absolute atomic E-state index is 11.8. The Hall–Kier alpha value is -2.81. The van der Waals surface area contributed by atoms with Crippen molar-refractivity contribution in [3.8, 4) is 6.07 Å². The SMILES string of the molecule is CCc1nc(C#N)c(NCC(=O)Nc2ccc(C)cc2)o1. The first-order valence-corrected chi connectivity index (χ1v) is 6.62. The molecule has 0 bridgehead atoms. The number of aryl methyl sites for hydroxylation is 2. The van der Waals surface area contributed by atoms with E-state index in [2.05, 4.69) is 15.6 Å². The molecular weight excluding hydrogens is 268 g/mol. The van der Waals surface area contributed by atoms with Crippen LogP contribution in [0.3, 0.4) is 0 Å². The number of rotatable bonds is 5. The van der Waals surface area contributed by atoms with Crippen molar-refractivity contribution < 1.29 is 9.21 Å². The van der Waals surface area contributed by atoms with Crippen LogP contribution >= 0.6 is 0 Å². The van der Waals surface area contributed by atoms with Gasteiger partial charge >= 0.3 is 0 Å². The van der Waals surface area contributed by atoms with E-state index in [1.54, 1.807) is 0 Å². The first kappa shape index (κ1) is 14.6. The molecule has 1 aromatic heterocycles. The smallest absolute Gasteiger partial charge is 0.243 e. The van der Waals surface area contributed by atoms with Crippen LogP contribution in [-0.4, -0.2) is 17.4 Å². The van der Waals surface area contributed by atoms with Gasteiger partial charge in [0, 0.05) is 12.1 Å². The molecule has 0 unspecified atom stereocenters. The molecule has 2 N–H and O–H groups in total. The Bertz CT molecular complexity index is 668. The Kier molecular flexibility index (Phi) is 4.57. The molecule has 0 aliphatic rings. The van der Waals surface area contributed by atoms with Crippen LogP contribution in [0.1, 0.15) is 24.1 Å². The molecule has 0 spiro atoms. The molecule has 0 atom stereocenters. The highest BCUT2D eigenvalue weighted by Gasteiger charge is 2.12. The summed E-state index contributed by atoms with van der Waals surface area (Å²) in [5.74, 6) is 0.471. The molecule has 21 heavy (non-hydrogen) atoms.